The number of hydrogen-bond donors (Lipinski definition) is 2. The lowest BCUT2D eigenvalue weighted by molar-refractivity contribution is -0.119. The topological polar surface area (TPSA) is 70.2 Å². The molecule has 21 heavy (non-hydrogen) atoms. The first kappa shape index (κ1) is 15.5. The van der Waals surface area contributed by atoms with E-state index in [2.05, 4.69) is 20.6 Å². The molecule has 0 aliphatic heterocycles. The summed E-state index contributed by atoms with van der Waals surface area (Å²) >= 11 is 0. The number of aromatic nitrogens is 2. The quantitative estimate of drug-likeness (QED) is 0.884. The molecular formula is C15H25N5O. The third-order valence-electron chi connectivity index (χ3n) is 3.77. The number of anilines is 2. The van der Waals surface area contributed by atoms with E-state index in [0.717, 1.165) is 43.1 Å². The Morgan fingerprint density at radius 3 is 2.38 bits per heavy atom. The van der Waals surface area contributed by atoms with Gasteiger partial charge in [0.05, 0.1) is 0 Å². The molecule has 0 bridgehead atoms. The maximum Gasteiger partial charge on any atom is 0.217 e. The first-order chi connectivity index (χ1) is 9.94. The van der Waals surface area contributed by atoms with Crippen molar-refractivity contribution in [2.45, 2.75) is 51.6 Å². The van der Waals surface area contributed by atoms with Gasteiger partial charge in [0.15, 0.2) is 0 Å². The normalized spacial score (nSPS) is 21.7. The molecule has 0 spiro atoms. The van der Waals surface area contributed by atoms with Gasteiger partial charge in [-0.15, -0.1) is 0 Å². The van der Waals surface area contributed by atoms with Gasteiger partial charge in [-0.2, -0.15) is 0 Å². The van der Waals surface area contributed by atoms with Gasteiger partial charge in [0, 0.05) is 39.2 Å². The van der Waals surface area contributed by atoms with Crippen LogP contribution in [0.25, 0.3) is 0 Å². The molecular weight excluding hydrogens is 266 g/mol. The summed E-state index contributed by atoms with van der Waals surface area (Å²) in [6.07, 6.45) is 4.13. The van der Waals surface area contributed by atoms with Crippen LogP contribution in [0.4, 0.5) is 11.6 Å². The fourth-order valence-electron chi connectivity index (χ4n) is 2.73. The number of nitrogens with one attached hydrogen (secondary N) is 2. The Morgan fingerprint density at radius 2 is 1.81 bits per heavy atom. The van der Waals surface area contributed by atoms with E-state index in [9.17, 15) is 4.79 Å². The molecule has 1 heterocycles. The molecule has 1 aromatic heterocycles. The molecule has 1 aliphatic rings. The fraction of sp³-hybridized carbons (Fsp3) is 0.667. The molecule has 1 amide bonds. The van der Waals surface area contributed by atoms with Crippen LogP contribution in [0, 0.1) is 6.92 Å². The van der Waals surface area contributed by atoms with Crippen molar-refractivity contribution in [1.82, 2.24) is 15.3 Å². The second-order valence-corrected chi connectivity index (χ2v) is 5.95. The average Bonchev–Trinajstić information content (AvgIpc) is 2.39. The summed E-state index contributed by atoms with van der Waals surface area (Å²) in [6, 6.07) is 2.72. The van der Waals surface area contributed by atoms with Crippen molar-refractivity contribution in [3.63, 3.8) is 0 Å². The summed E-state index contributed by atoms with van der Waals surface area (Å²) in [5.74, 6) is 2.63. The largest absolute Gasteiger partial charge is 0.367 e. The van der Waals surface area contributed by atoms with Gasteiger partial charge in [0.2, 0.25) is 5.91 Å². The number of carbonyl (C=O) groups excluding carboxylic acids is 1. The van der Waals surface area contributed by atoms with E-state index < -0.39 is 0 Å². The van der Waals surface area contributed by atoms with Crippen molar-refractivity contribution >= 4 is 17.5 Å². The van der Waals surface area contributed by atoms with Crippen molar-refractivity contribution in [2.75, 3.05) is 24.3 Å². The Hall–Kier alpha value is -1.85. The highest BCUT2D eigenvalue weighted by Crippen LogP contribution is 2.23. The number of carbonyl (C=O) groups is 1. The third-order valence-corrected chi connectivity index (χ3v) is 3.77. The van der Waals surface area contributed by atoms with Crippen LogP contribution in [0.15, 0.2) is 6.07 Å². The maximum atomic E-state index is 11.1. The summed E-state index contributed by atoms with van der Waals surface area (Å²) < 4.78 is 0. The van der Waals surface area contributed by atoms with E-state index >= 15 is 0 Å². The van der Waals surface area contributed by atoms with Crippen LogP contribution in [-0.4, -0.2) is 42.1 Å². The number of amides is 1. The molecule has 116 valence electrons. The molecule has 0 atom stereocenters. The van der Waals surface area contributed by atoms with Crippen molar-refractivity contribution in [2.24, 2.45) is 0 Å². The van der Waals surface area contributed by atoms with Gasteiger partial charge in [-0.05, 0) is 32.6 Å². The zero-order chi connectivity index (χ0) is 15.4. The lowest BCUT2D eigenvalue weighted by Gasteiger charge is -2.30. The van der Waals surface area contributed by atoms with Crippen LogP contribution in [-0.2, 0) is 4.79 Å². The molecule has 0 saturated heterocycles. The molecule has 6 heteroatoms. The maximum absolute atomic E-state index is 11.1. The Labute approximate surface area is 126 Å². The van der Waals surface area contributed by atoms with Gasteiger partial charge < -0.3 is 15.5 Å². The molecule has 0 radical (unpaired) electrons. The summed E-state index contributed by atoms with van der Waals surface area (Å²) in [5.41, 5.74) is 0. The minimum Gasteiger partial charge on any atom is -0.367 e. The molecule has 0 aromatic carbocycles. The highest BCUT2D eigenvalue weighted by molar-refractivity contribution is 5.73. The van der Waals surface area contributed by atoms with Crippen molar-refractivity contribution in [3.8, 4) is 0 Å². The summed E-state index contributed by atoms with van der Waals surface area (Å²) in [4.78, 5) is 21.9. The number of rotatable bonds is 4. The molecule has 1 saturated carbocycles. The van der Waals surface area contributed by atoms with Crippen molar-refractivity contribution in [1.29, 1.82) is 0 Å². The fourth-order valence-corrected chi connectivity index (χ4v) is 2.73. The van der Waals surface area contributed by atoms with E-state index in [1.54, 1.807) is 6.92 Å². The van der Waals surface area contributed by atoms with Crippen LogP contribution in [0.2, 0.25) is 0 Å². The second kappa shape index (κ2) is 6.74. The summed E-state index contributed by atoms with van der Waals surface area (Å²) in [7, 11) is 3.95. The van der Waals surface area contributed by atoms with Crippen LogP contribution >= 0.6 is 0 Å². The Kier molecular flexibility index (Phi) is 4.98. The number of hydrogen-bond acceptors (Lipinski definition) is 5. The molecule has 1 fully saturated rings. The molecule has 1 aromatic rings. The minimum atomic E-state index is 0.0634. The van der Waals surface area contributed by atoms with Crippen molar-refractivity contribution < 1.29 is 4.79 Å². The highest BCUT2D eigenvalue weighted by Gasteiger charge is 2.22. The van der Waals surface area contributed by atoms with E-state index in [1.165, 1.54) is 0 Å². The third kappa shape index (κ3) is 4.58. The number of nitrogens with zero attached hydrogens (tertiary/aromatic N) is 3. The van der Waals surface area contributed by atoms with E-state index in [0.29, 0.717) is 12.1 Å². The van der Waals surface area contributed by atoms with E-state index in [-0.39, 0.29) is 5.91 Å². The Bertz CT molecular complexity index is 495. The van der Waals surface area contributed by atoms with Crippen LogP contribution in [0.1, 0.15) is 38.4 Å². The van der Waals surface area contributed by atoms with E-state index in [4.69, 9.17) is 0 Å². The van der Waals surface area contributed by atoms with Crippen LogP contribution < -0.4 is 15.5 Å². The lowest BCUT2D eigenvalue weighted by atomic mass is 9.91. The van der Waals surface area contributed by atoms with Crippen molar-refractivity contribution in [3.05, 3.63) is 11.9 Å². The van der Waals surface area contributed by atoms with Gasteiger partial charge in [-0.1, -0.05) is 0 Å². The smallest absolute Gasteiger partial charge is 0.217 e. The summed E-state index contributed by atoms with van der Waals surface area (Å²) in [6.45, 7) is 3.49. The predicted octanol–water partition coefficient (Wildman–Crippen LogP) is 1.71. The molecule has 6 nitrogen and oxygen atoms in total. The summed E-state index contributed by atoms with van der Waals surface area (Å²) in [5, 5.41) is 6.50. The monoisotopic (exact) mass is 291 g/mol. The van der Waals surface area contributed by atoms with Crippen LogP contribution in [0.5, 0.6) is 0 Å². The second-order valence-electron chi connectivity index (χ2n) is 5.95. The van der Waals surface area contributed by atoms with Gasteiger partial charge in [0.1, 0.15) is 17.5 Å². The van der Waals surface area contributed by atoms with Gasteiger partial charge in [0.25, 0.3) is 0 Å². The Morgan fingerprint density at radius 1 is 1.19 bits per heavy atom. The predicted molar refractivity (Wildman–Crippen MR) is 84.6 cm³/mol. The zero-order valence-corrected chi connectivity index (χ0v) is 13.3. The molecule has 1 aliphatic carbocycles. The van der Waals surface area contributed by atoms with Crippen LogP contribution in [0.3, 0.4) is 0 Å². The van der Waals surface area contributed by atoms with Gasteiger partial charge in [-0.3, -0.25) is 4.79 Å². The van der Waals surface area contributed by atoms with Gasteiger partial charge >= 0.3 is 0 Å². The zero-order valence-electron chi connectivity index (χ0n) is 13.3. The first-order valence-electron chi connectivity index (χ1n) is 7.50. The van der Waals surface area contributed by atoms with E-state index in [1.807, 2.05) is 32.0 Å². The standard InChI is InChI=1S/C15H25N5O/c1-10-16-14(9-15(17-10)20(3)4)19-13-7-5-12(6-8-13)18-11(2)21/h9,12-13H,5-8H2,1-4H3,(H,18,21)(H,16,17,19). The molecule has 2 rings (SSSR count). The lowest BCUT2D eigenvalue weighted by Crippen LogP contribution is -2.39. The molecule has 2 N–H and O–H groups in total. The minimum absolute atomic E-state index is 0.0634. The first-order valence-corrected chi connectivity index (χ1v) is 7.50. The van der Waals surface area contributed by atoms with Gasteiger partial charge in [-0.25, -0.2) is 9.97 Å². The highest BCUT2D eigenvalue weighted by atomic mass is 16.1. The average molecular weight is 291 g/mol. The molecule has 0 unspecified atom stereocenters. The number of aryl methyl sites for hydroxylation is 1. The SMILES string of the molecule is CC(=O)NC1CCC(Nc2cc(N(C)C)nc(C)n2)CC1. The Balaban J connectivity index is 1.93.